The van der Waals surface area contributed by atoms with Crippen molar-refractivity contribution in [3.8, 4) is 11.5 Å². The Hall–Kier alpha value is -1.28. The Bertz CT molecular complexity index is 539. The van der Waals surface area contributed by atoms with E-state index in [1.807, 2.05) is 0 Å². The summed E-state index contributed by atoms with van der Waals surface area (Å²) in [5, 5.41) is 0. The first-order valence-electron chi connectivity index (χ1n) is 5.57. The number of nitrogens with one attached hydrogen (secondary N) is 1. The molecular formula is C11H14ClF2NO4S. The van der Waals surface area contributed by atoms with Gasteiger partial charge < -0.3 is 9.47 Å². The van der Waals surface area contributed by atoms with E-state index in [4.69, 9.17) is 16.3 Å². The van der Waals surface area contributed by atoms with Crippen LogP contribution in [0.5, 0.6) is 11.5 Å². The lowest BCUT2D eigenvalue weighted by Crippen LogP contribution is -2.18. The van der Waals surface area contributed by atoms with Gasteiger partial charge in [0, 0.05) is 11.9 Å². The average Bonchev–Trinajstić information content (AvgIpc) is 2.37. The molecule has 1 rings (SSSR count). The van der Waals surface area contributed by atoms with Crippen LogP contribution in [0, 0.1) is 0 Å². The zero-order chi connectivity index (χ0) is 15.2. The van der Waals surface area contributed by atoms with Gasteiger partial charge in [0.15, 0.2) is 0 Å². The van der Waals surface area contributed by atoms with Crippen LogP contribution in [0.25, 0.3) is 0 Å². The molecule has 114 valence electrons. The molecular weight excluding hydrogens is 316 g/mol. The van der Waals surface area contributed by atoms with Crippen LogP contribution >= 0.6 is 11.6 Å². The summed E-state index contributed by atoms with van der Waals surface area (Å²) in [7, 11) is -2.33. The van der Waals surface area contributed by atoms with Crippen molar-refractivity contribution in [2.75, 3.05) is 23.5 Å². The molecule has 0 amide bonds. The van der Waals surface area contributed by atoms with E-state index in [0.717, 1.165) is 0 Å². The maximum Gasteiger partial charge on any atom is 0.387 e. The molecule has 0 aromatic heterocycles. The van der Waals surface area contributed by atoms with E-state index in [0.29, 0.717) is 5.75 Å². The topological polar surface area (TPSA) is 64.6 Å². The normalized spacial score (nSPS) is 11.4. The van der Waals surface area contributed by atoms with E-state index < -0.39 is 16.6 Å². The molecule has 20 heavy (non-hydrogen) atoms. The number of sulfonamides is 1. The van der Waals surface area contributed by atoms with Crippen LogP contribution in [-0.4, -0.2) is 33.8 Å². The highest BCUT2D eigenvalue weighted by atomic mass is 35.5. The molecule has 0 saturated heterocycles. The molecule has 5 nitrogen and oxygen atoms in total. The van der Waals surface area contributed by atoms with Crippen molar-refractivity contribution >= 4 is 27.3 Å². The zero-order valence-electron chi connectivity index (χ0n) is 10.6. The molecule has 0 aliphatic carbocycles. The molecule has 0 saturated carbocycles. The third kappa shape index (κ3) is 5.38. The van der Waals surface area contributed by atoms with Crippen LogP contribution in [0.4, 0.5) is 14.5 Å². The van der Waals surface area contributed by atoms with Gasteiger partial charge in [-0.1, -0.05) is 0 Å². The van der Waals surface area contributed by atoms with E-state index >= 15 is 0 Å². The minimum absolute atomic E-state index is 0.112. The van der Waals surface area contributed by atoms with Crippen LogP contribution in [0.2, 0.25) is 0 Å². The number of rotatable bonds is 8. The molecule has 0 atom stereocenters. The van der Waals surface area contributed by atoms with Gasteiger partial charge in [0.05, 0.1) is 18.6 Å². The first-order valence-corrected chi connectivity index (χ1v) is 7.76. The lowest BCUT2D eigenvalue weighted by molar-refractivity contribution is -0.0493. The summed E-state index contributed by atoms with van der Waals surface area (Å²) >= 11 is 5.42. The standard InChI is InChI=1S/C11H14ClF2NO4S/c1-18-8-3-4-10(19-11(13)14)9(7-8)15-20(16,17)6-2-5-12/h3-4,7,11,15H,2,5-6H2,1H3. The third-order valence-corrected chi connectivity index (χ3v) is 3.84. The van der Waals surface area contributed by atoms with Gasteiger partial charge in [0.25, 0.3) is 0 Å². The number of hydrogen-bond acceptors (Lipinski definition) is 4. The fraction of sp³-hybridized carbons (Fsp3) is 0.455. The SMILES string of the molecule is COc1ccc(OC(F)F)c(NS(=O)(=O)CCCCl)c1. The maximum absolute atomic E-state index is 12.3. The van der Waals surface area contributed by atoms with E-state index in [9.17, 15) is 17.2 Å². The molecule has 0 aliphatic rings. The predicted molar refractivity (Wildman–Crippen MR) is 72.4 cm³/mol. The summed E-state index contributed by atoms with van der Waals surface area (Å²) in [5.74, 6) is -0.0155. The number of ether oxygens (including phenoxy) is 2. The van der Waals surface area contributed by atoms with Crippen molar-refractivity contribution < 1.29 is 26.7 Å². The molecule has 1 aromatic carbocycles. The Labute approximate surface area is 120 Å². The second-order valence-electron chi connectivity index (χ2n) is 3.70. The third-order valence-electron chi connectivity index (χ3n) is 2.21. The number of anilines is 1. The average molecular weight is 330 g/mol. The van der Waals surface area contributed by atoms with Gasteiger partial charge in [-0.05, 0) is 18.6 Å². The summed E-state index contributed by atoms with van der Waals surface area (Å²) in [6.07, 6.45) is 0.242. The van der Waals surface area contributed by atoms with Crippen LogP contribution in [0.1, 0.15) is 6.42 Å². The predicted octanol–water partition coefficient (Wildman–Crippen LogP) is 2.67. The molecule has 0 heterocycles. The maximum atomic E-state index is 12.3. The van der Waals surface area contributed by atoms with Crippen molar-refractivity contribution in [3.63, 3.8) is 0 Å². The van der Waals surface area contributed by atoms with Crippen molar-refractivity contribution in [2.24, 2.45) is 0 Å². The monoisotopic (exact) mass is 329 g/mol. The summed E-state index contributed by atoms with van der Waals surface area (Å²) in [6, 6.07) is 3.84. The quantitative estimate of drug-likeness (QED) is 0.745. The van der Waals surface area contributed by atoms with Gasteiger partial charge >= 0.3 is 6.61 Å². The Kier molecular flexibility index (Phi) is 6.28. The van der Waals surface area contributed by atoms with E-state index in [2.05, 4.69) is 9.46 Å². The minimum Gasteiger partial charge on any atom is -0.497 e. The summed E-state index contributed by atoms with van der Waals surface area (Å²) in [6.45, 7) is -3.06. The number of hydrogen-bond donors (Lipinski definition) is 1. The zero-order valence-corrected chi connectivity index (χ0v) is 12.2. The number of halogens is 3. The largest absolute Gasteiger partial charge is 0.497 e. The lowest BCUT2D eigenvalue weighted by Gasteiger charge is -2.14. The smallest absolute Gasteiger partial charge is 0.387 e. The molecule has 0 aliphatic heterocycles. The molecule has 0 bridgehead atoms. The molecule has 1 aromatic rings. The fourth-order valence-electron chi connectivity index (χ4n) is 1.38. The number of alkyl halides is 3. The highest BCUT2D eigenvalue weighted by Crippen LogP contribution is 2.31. The second kappa shape index (κ2) is 7.49. The molecule has 9 heteroatoms. The van der Waals surface area contributed by atoms with Crippen molar-refractivity contribution in [1.29, 1.82) is 0 Å². The number of methoxy groups -OCH3 is 1. The van der Waals surface area contributed by atoms with Gasteiger partial charge in [-0.25, -0.2) is 8.42 Å². The molecule has 0 spiro atoms. The Morgan fingerprint density at radius 1 is 1.40 bits per heavy atom. The van der Waals surface area contributed by atoms with Crippen molar-refractivity contribution in [3.05, 3.63) is 18.2 Å². The van der Waals surface area contributed by atoms with Gasteiger partial charge in [-0.15, -0.1) is 11.6 Å². The first-order chi connectivity index (χ1) is 9.38. The van der Waals surface area contributed by atoms with Crippen molar-refractivity contribution in [1.82, 2.24) is 0 Å². The van der Waals surface area contributed by atoms with Crippen LogP contribution in [-0.2, 0) is 10.0 Å². The molecule has 0 radical (unpaired) electrons. The fourth-order valence-corrected chi connectivity index (χ4v) is 2.79. The Balaban J connectivity index is 3.00. The second-order valence-corrected chi connectivity index (χ2v) is 5.92. The lowest BCUT2D eigenvalue weighted by atomic mass is 10.3. The summed E-state index contributed by atoms with van der Waals surface area (Å²) in [4.78, 5) is 0. The number of benzene rings is 1. The highest BCUT2D eigenvalue weighted by molar-refractivity contribution is 7.92. The van der Waals surface area contributed by atoms with Gasteiger partial charge in [-0.2, -0.15) is 8.78 Å². The van der Waals surface area contributed by atoms with Gasteiger partial charge in [0.1, 0.15) is 11.5 Å². The highest BCUT2D eigenvalue weighted by Gasteiger charge is 2.16. The van der Waals surface area contributed by atoms with Gasteiger partial charge in [-0.3, -0.25) is 4.72 Å². The first kappa shape index (κ1) is 16.8. The van der Waals surface area contributed by atoms with Gasteiger partial charge in [0.2, 0.25) is 10.0 Å². The Morgan fingerprint density at radius 2 is 2.10 bits per heavy atom. The van der Waals surface area contributed by atoms with E-state index in [1.54, 1.807) is 0 Å². The van der Waals surface area contributed by atoms with Crippen molar-refractivity contribution in [2.45, 2.75) is 13.0 Å². The van der Waals surface area contributed by atoms with E-state index in [1.165, 1.54) is 25.3 Å². The van der Waals surface area contributed by atoms with E-state index in [-0.39, 0.29) is 29.5 Å². The molecule has 1 N–H and O–H groups in total. The molecule has 0 fully saturated rings. The summed E-state index contributed by atoms with van der Waals surface area (Å²) in [5.41, 5.74) is -0.112. The summed E-state index contributed by atoms with van der Waals surface area (Å²) < 4.78 is 59.4. The minimum atomic E-state index is -3.69. The Morgan fingerprint density at radius 3 is 2.65 bits per heavy atom. The molecule has 0 unspecified atom stereocenters. The van der Waals surface area contributed by atoms with Crippen LogP contribution < -0.4 is 14.2 Å². The van der Waals surface area contributed by atoms with Crippen LogP contribution in [0.3, 0.4) is 0 Å². The van der Waals surface area contributed by atoms with Crippen LogP contribution in [0.15, 0.2) is 18.2 Å².